The van der Waals surface area contributed by atoms with Gasteiger partial charge in [-0.25, -0.2) is 0 Å². The van der Waals surface area contributed by atoms with Crippen LogP contribution in [0.1, 0.15) is 38.7 Å². The SMILES string of the molecule is CC(C)(C)OCC(=O)NCCC1CNc2ccccc21. The zero-order chi connectivity index (χ0) is 14.6. The van der Waals surface area contributed by atoms with Crippen LogP contribution < -0.4 is 10.6 Å². The largest absolute Gasteiger partial charge is 0.384 e. The van der Waals surface area contributed by atoms with Crippen LogP contribution in [0.2, 0.25) is 0 Å². The third-order valence-corrected chi connectivity index (χ3v) is 3.39. The summed E-state index contributed by atoms with van der Waals surface area (Å²) in [6.07, 6.45) is 0.950. The van der Waals surface area contributed by atoms with Gasteiger partial charge in [0, 0.05) is 24.7 Å². The summed E-state index contributed by atoms with van der Waals surface area (Å²) in [6.45, 7) is 7.61. The monoisotopic (exact) mass is 276 g/mol. The Labute approximate surface area is 120 Å². The number of para-hydroxylation sites is 1. The van der Waals surface area contributed by atoms with E-state index in [-0.39, 0.29) is 18.1 Å². The zero-order valence-corrected chi connectivity index (χ0v) is 12.5. The molecule has 2 rings (SSSR count). The van der Waals surface area contributed by atoms with E-state index in [1.807, 2.05) is 26.8 Å². The molecule has 1 unspecified atom stereocenters. The number of ether oxygens (including phenoxy) is 1. The summed E-state index contributed by atoms with van der Waals surface area (Å²) < 4.78 is 5.45. The number of carbonyl (C=O) groups excluding carboxylic acids is 1. The van der Waals surface area contributed by atoms with Gasteiger partial charge >= 0.3 is 0 Å². The first kappa shape index (κ1) is 14.9. The third kappa shape index (κ3) is 4.23. The summed E-state index contributed by atoms with van der Waals surface area (Å²) >= 11 is 0. The van der Waals surface area contributed by atoms with Crippen LogP contribution in [0, 0.1) is 0 Å². The second-order valence-corrected chi connectivity index (χ2v) is 6.20. The predicted molar refractivity (Wildman–Crippen MR) is 81.0 cm³/mol. The van der Waals surface area contributed by atoms with Gasteiger partial charge in [0.1, 0.15) is 6.61 Å². The first-order valence-corrected chi connectivity index (χ1v) is 7.19. The smallest absolute Gasteiger partial charge is 0.246 e. The molecule has 20 heavy (non-hydrogen) atoms. The zero-order valence-electron chi connectivity index (χ0n) is 12.5. The van der Waals surface area contributed by atoms with Crippen molar-refractivity contribution in [3.63, 3.8) is 0 Å². The molecule has 4 nitrogen and oxygen atoms in total. The molecule has 1 heterocycles. The van der Waals surface area contributed by atoms with Gasteiger partial charge in [-0.05, 0) is 38.8 Å². The highest BCUT2D eigenvalue weighted by Crippen LogP contribution is 2.32. The molecule has 4 heteroatoms. The van der Waals surface area contributed by atoms with Gasteiger partial charge in [-0.15, -0.1) is 0 Å². The van der Waals surface area contributed by atoms with Crippen molar-refractivity contribution in [1.82, 2.24) is 5.32 Å². The quantitative estimate of drug-likeness (QED) is 0.869. The van der Waals surface area contributed by atoms with Crippen molar-refractivity contribution in [1.29, 1.82) is 0 Å². The van der Waals surface area contributed by atoms with Crippen molar-refractivity contribution < 1.29 is 9.53 Å². The van der Waals surface area contributed by atoms with E-state index < -0.39 is 0 Å². The second kappa shape index (κ2) is 6.27. The van der Waals surface area contributed by atoms with Gasteiger partial charge in [-0.3, -0.25) is 4.79 Å². The summed E-state index contributed by atoms with van der Waals surface area (Å²) in [5.74, 6) is 0.439. The van der Waals surface area contributed by atoms with E-state index >= 15 is 0 Å². The highest BCUT2D eigenvalue weighted by molar-refractivity contribution is 5.77. The molecule has 1 aliphatic rings. The highest BCUT2D eigenvalue weighted by atomic mass is 16.5. The fourth-order valence-corrected chi connectivity index (χ4v) is 2.33. The number of hydrogen-bond acceptors (Lipinski definition) is 3. The molecule has 0 saturated carbocycles. The Morgan fingerprint density at radius 2 is 2.15 bits per heavy atom. The van der Waals surface area contributed by atoms with Crippen molar-refractivity contribution in [2.75, 3.05) is 25.0 Å². The highest BCUT2D eigenvalue weighted by Gasteiger charge is 2.21. The molecule has 1 atom stereocenters. The summed E-state index contributed by atoms with van der Waals surface area (Å²) in [7, 11) is 0. The number of anilines is 1. The first-order chi connectivity index (χ1) is 9.46. The molecule has 0 fully saturated rings. The molecule has 1 aromatic rings. The first-order valence-electron chi connectivity index (χ1n) is 7.19. The van der Waals surface area contributed by atoms with Crippen LogP contribution in [0.4, 0.5) is 5.69 Å². The lowest BCUT2D eigenvalue weighted by molar-refractivity contribution is -0.130. The van der Waals surface area contributed by atoms with Crippen LogP contribution in [0.3, 0.4) is 0 Å². The van der Waals surface area contributed by atoms with E-state index in [1.165, 1.54) is 11.3 Å². The van der Waals surface area contributed by atoms with Crippen LogP contribution in [-0.4, -0.2) is 31.2 Å². The number of carbonyl (C=O) groups is 1. The maximum Gasteiger partial charge on any atom is 0.246 e. The molecule has 110 valence electrons. The van der Waals surface area contributed by atoms with Crippen molar-refractivity contribution in [3.05, 3.63) is 29.8 Å². The number of amides is 1. The van der Waals surface area contributed by atoms with Crippen molar-refractivity contribution in [2.24, 2.45) is 0 Å². The van der Waals surface area contributed by atoms with Crippen LogP contribution in [-0.2, 0) is 9.53 Å². The van der Waals surface area contributed by atoms with Crippen molar-refractivity contribution in [2.45, 2.75) is 38.7 Å². The van der Waals surface area contributed by atoms with E-state index in [0.29, 0.717) is 12.5 Å². The minimum absolute atomic E-state index is 0.0424. The van der Waals surface area contributed by atoms with Gasteiger partial charge in [0.05, 0.1) is 5.60 Å². The van der Waals surface area contributed by atoms with Crippen LogP contribution in [0.5, 0.6) is 0 Å². The van der Waals surface area contributed by atoms with E-state index in [9.17, 15) is 4.79 Å². The molecule has 0 aromatic heterocycles. The molecule has 0 aliphatic carbocycles. The fourth-order valence-electron chi connectivity index (χ4n) is 2.33. The van der Waals surface area contributed by atoms with Gasteiger partial charge in [0.2, 0.25) is 5.91 Å². The molecule has 1 aromatic carbocycles. The Balaban J connectivity index is 1.71. The number of fused-ring (bicyclic) bond motifs is 1. The fraction of sp³-hybridized carbons (Fsp3) is 0.562. The van der Waals surface area contributed by atoms with Crippen LogP contribution in [0.25, 0.3) is 0 Å². The summed E-state index contributed by atoms with van der Waals surface area (Å²) in [4.78, 5) is 11.7. The topological polar surface area (TPSA) is 50.4 Å². The average molecular weight is 276 g/mol. The van der Waals surface area contributed by atoms with E-state index in [4.69, 9.17) is 4.74 Å². The lowest BCUT2D eigenvalue weighted by atomic mass is 9.98. The van der Waals surface area contributed by atoms with E-state index in [0.717, 1.165) is 13.0 Å². The maximum absolute atomic E-state index is 11.7. The summed E-state index contributed by atoms with van der Waals surface area (Å²) in [5, 5.41) is 6.32. The molecule has 0 bridgehead atoms. The van der Waals surface area contributed by atoms with E-state index in [2.05, 4.69) is 28.8 Å². The average Bonchev–Trinajstić information content (AvgIpc) is 2.79. The van der Waals surface area contributed by atoms with E-state index in [1.54, 1.807) is 0 Å². The maximum atomic E-state index is 11.7. The Kier molecular flexibility index (Phi) is 4.65. The Hall–Kier alpha value is -1.55. The molecule has 0 spiro atoms. The number of hydrogen-bond donors (Lipinski definition) is 2. The van der Waals surface area contributed by atoms with Gasteiger partial charge < -0.3 is 15.4 Å². The minimum atomic E-state index is -0.272. The van der Waals surface area contributed by atoms with Crippen LogP contribution >= 0.6 is 0 Å². The predicted octanol–water partition coefficient (Wildman–Crippen LogP) is 2.52. The molecule has 2 N–H and O–H groups in total. The van der Waals surface area contributed by atoms with Gasteiger partial charge in [0.15, 0.2) is 0 Å². The standard InChI is InChI=1S/C16H24N2O2/c1-16(2,3)20-11-15(19)17-9-8-12-10-18-14-7-5-4-6-13(12)14/h4-7,12,18H,8-11H2,1-3H3,(H,17,19). The molecule has 0 radical (unpaired) electrons. The molecule has 0 saturated heterocycles. The summed E-state index contributed by atoms with van der Waals surface area (Å²) in [5.41, 5.74) is 2.30. The third-order valence-electron chi connectivity index (χ3n) is 3.39. The molecule has 1 aliphatic heterocycles. The molecule has 1 amide bonds. The molecular formula is C16H24N2O2. The normalized spacial score (nSPS) is 17.4. The van der Waals surface area contributed by atoms with Crippen LogP contribution in [0.15, 0.2) is 24.3 Å². The minimum Gasteiger partial charge on any atom is -0.384 e. The number of rotatable bonds is 5. The summed E-state index contributed by atoms with van der Waals surface area (Å²) in [6, 6.07) is 8.37. The van der Waals surface area contributed by atoms with Crippen molar-refractivity contribution >= 4 is 11.6 Å². The lowest BCUT2D eigenvalue weighted by Gasteiger charge is -2.19. The Morgan fingerprint density at radius 3 is 2.90 bits per heavy atom. The molecular weight excluding hydrogens is 252 g/mol. The lowest BCUT2D eigenvalue weighted by Crippen LogP contribution is -2.33. The second-order valence-electron chi connectivity index (χ2n) is 6.20. The van der Waals surface area contributed by atoms with Gasteiger partial charge in [-0.2, -0.15) is 0 Å². The Morgan fingerprint density at radius 1 is 1.40 bits per heavy atom. The number of nitrogens with one attached hydrogen (secondary N) is 2. The van der Waals surface area contributed by atoms with Gasteiger partial charge in [-0.1, -0.05) is 18.2 Å². The Bertz CT molecular complexity index is 466. The van der Waals surface area contributed by atoms with Crippen molar-refractivity contribution in [3.8, 4) is 0 Å². The number of benzene rings is 1. The van der Waals surface area contributed by atoms with Gasteiger partial charge in [0.25, 0.3) is 0 Å².